The van der Waals surface area contributed by atoms with Gasteiger partial charge in [-0.05, 0) is 43.5 Å². The molecule has 3 nitrogen and oxygen atoms in total. The summed E-state index contributed by atoms with van der Waals surface area (Å²) in [4.78, 5) is 12.0. The highest BCUT2D eigenvalue weighted by Crippen LogP contribution is 2.26. The maximum atomic E-state index is 12.0. The normalized spacial score (nSPS) is 15.4. The van der Waals surface area contributed by atoms with Crippen LogP contribution in [0.25, 0.3) is 0 Å². The number of hydrogen-bond donors (Lipinski definition) is 2. The molecule has 1 fully saturated rings. The first-order valence-corrected chi connectivity index (χ1v) is 7.31. The van der Waals surface area contributed by atoms with E-state index < -0.39 is 0 Å². The first kappa shape index (κ1) is 17.0. The zero-order chi connectivity index (χ0) is 13.5. The third-order valence-corrected chi connectivity index (χ3v) is 3.79. The minimum Gasteiger partial charge on any atom is -0.326 e. The van der Waals surface area contributed by atoms with Crippen LogP contribution in [0.15, 0.2) is 24.3 Å². The molecule has 0 bridgehead atoms. The van der Waals surface area contributed by atoms with Gasteiger partial charge in [0, 0.05) is 18.7 Å². The number of nitrogens with one attached hydrogen (secondary N) is 2. The quantitative estimate of drug-likeness (QED) is 0.869. The molecule has 2 N–H and O–H groups in total. The Kier molecular flexibility index (Phi) is 7.63. The van der Waals surface area contributed by atoms with Crippen LogP contribution in [0, 0.1) is 5.92 Å². The van der Waals surface area contributed by atoms with Crippen molar-refractivity contribution in [2.45, 2.75) is 45.1 Å². The van der Waals surface area contributed by atoms with Crippen LogP contribution in [-0.4, -0.2) is 13.0 Å². The van der Waals surface area contributed by atoms with Gasteiger partial charge in [0.05, 0.1) is 0 Å². The molecule has 1 amide bonds. The number of rotatable bonds is 5. The highest BCUT2D eigenvalue weighted by atomic mass is 35.5. The highest BCUT2D eigenvalue weighted by molar-refractivity contribution is 5.90. The van der Waals surface area contributed by atoms with Crippen LogP contribution >= 0.6 is 12.4 Å². The van der Waals surface area contributed by atoms with Gasteiger partial charge in [0.25, 0.3) is 0 Å². The fraction of sp³-hybridized carbons (Fsp3) is 0.562. The van der Waals surface area contributed by atoms with E-state index in [1.54, 1.807) is 0 Å². The van der Waals surface area contributed by atoms with E-state index in [2.05, 4.69) is 16.7 Å². The molecule has 0 spiro atoms. The van der Waals surface area contributed by atoms with Gasteiger partial charge in [-0.1, -0.05) is 31.4 Å². The Morgan fingerprint density at radius 1 is 1.25 bits per heavy atom. The molecule has 0 heterocycles. The first-order valence-electron chi connectivity index (χ1n) is 7.31. The summed E-state index contributed by atoms with van der Waals surface area (Å²) in [6.45, 7) is 0.826. The van der Waals surface area contributed by atoms with Crippen LogP contribution in [0.3, 0.4) is 0 Å². The van der Waals surface area contributed by atoms with Gasteiger partial charge >= 0.3 is 0 Å². The molecule has 4 heteroatoms. The summed E-state index contributed by atoms with van der Waals surface area (Å²) < 4.78 is 0. The van der Waals surface area contributed by atoms with Crippen LogP contribution in [0.1, 0.15) is 44.1 Å². The van der Waals surface area contributed by atoms with Crippen LogP contribution in [-0.2, 0) is 11.3 Å². The maximum Gasteiger partial charge on any atom is 0.224 e. The lowest BCUT2D eigenvalue weighted by Crippen LogP contribution is -2.18. The van der Waals surface area contributed by atoms with Gasteiger partial charge in [0.15, 0.2) is 0 Å². The van der Waals surface area contributed by atoms with Crippen molar-refractivity contribution in [2.75, 3.05) is 12.4 Å². The lowest BCUT2D eigenvalue weighted by atomic mass is 9.87. The maximum absolute atomic E-state index is 12.0. The molecule has 0 aliphatic heterocycles. The molecule has 2 rings (SSSR count). The molecule has 1 aliphatic carbocycles. The van der Waals surface area contributed by atoms with E-state index in [-0.39, 0.29) is 18.3 Å². The Morgan fingerprint density at radius 2 is 2.00 bits per heavy atom. The summed E-state index contributed by atoms with van der Waals surface area (Å²) in [5.41, 5.74) is 2.10. The van der Waals surface area contributed by atoms with Crippen LogP contribution in [0.5, 0.6) is 0 Å². The van der Waals surface area contributed by atoms with E-state index in [0.717, 1.165) is 12.2 Å². The van der Waals surface area contributed by atoms with Gasteiger partial charge in [-0.15, -0.1) is 12.4 Å². The Bertz CT molecular complexity index is 417. The molecular weight excluding hydrogens is 272 g/mol. The number of carbonyl (C=O) groups is 1. The topological polar surface area (TPSA) is 41.1 Å². The Balaban J connectivity index is 0.00000200. The van der Waals surface area contributed by atoms with Gasteiger partial charge in [0.2, 0.25) is 5.91 Å². The summed E-state index contributed by atoms with van der Waals surface area (Å²) in [6, 6.07) is 8.05. The largest absolute Gasteiger partial charge is 0.326 e. The van der Waals surface area contributed by atoms with Gasteiger partial charge < -0.3 is 10.6 Å². The van der Waals surface area contributed by atoms with Crippen LogP contribution < -0.4 is 10.6 Å². The van der Waals surface area contributed by atoms with Crippen molar-refractivity contribution in [3.8, 4) is 0 Å². The fourth-order valence-corrected chi connectivity index (χ4v) is 2.83. The molecule has 1 aliphatic rings. The lowest BCUT2D eigenvalue weighted by Gasteiger charge is -2.20. The molecule has 1 aromatic rings. The second kappa shape index (κ2) is 8.98. The van der Waals surface area contributed by atoms with Crippen molar-refractivity contribution in [1.29, 1.82) is 0 Å². The second-order valence-corrected chi connectivity index (χ2v) is 5.49. The van der Waals surface area contributed by atoms with Crippen molar-refractivity contribution in [3.05, 3.63) is 29.8 Å². The average molecular weight is 297 g/mol. The standard InChI is InChI=1S/C16H24N2O.ClH/c1-17-12-14-8-5-9-15(10-14)18-16(19)11-13-6-3-2-4-7-13;/h5,8-10,13,17H,2-4,6-7,11-12H2,1H3,(H,18,19);1H. The predicted molar refractivity (Wildman–Crippen MR) is 86.3 cm³/mol. The number of hydrogen-bond acceptors (Lipinski definition) is 2. The molecule has 0 aromatic heterocycles. The van der Waals surface area contributed by atoms with E-state index in [1.807, 2.05) is 25.2 Å². The summed E-state index contributed by atoms with van der Waals surface area (Å²) in [6.07, 6.45) is 7.02. The summed E-state index contributed by atoms with van der Waals surface area (Å²) in [5, 5.41) is 6.14. The Hall–Kier alpha value is -1.06. The molecule has 0 atom stereocenters. The Labute approximate surface area is 127 Å². The minimum atomic E-state index is 0. The SMILES string of the molecule is CNCc1cccc(NC(=O)CC2CCCCC2)c1.Cl. The van der Waals surface area contributed by atoms with Gasteiger partial charge in [-0.25, -0.2) is 0 Å². The monoisotopic (exact) mass is 296 g/mol. The third-order valence-electron chi connectivity index (χ3n) is 3.79. The van der Waals surface area contributed by atoms with Gasteiger partial charge in [-0.3, -0.25) is 4.79 Å². The second-order valence-electron chi connectivity index (χ2n) is 5.49. The number of benzene rings is 1. The predicted octanol–water partition coefficient (Wildman–Crippen LogP) is 3.74. The van der Waals surface area contributed by atoms with Crippen LogP contribution in [0.2, 0.25) is 0 Å². The van der Waals surface area contributed by atoms with E-state index >= 15 is 0 Å². The Morgan fingerprint density at radius 3 is 2.70 bits per heavy atom. The number of anilines is 1. The minimum absolute atomic E-state index is 0. The highest BCUT2D eigenvalue weighted by Gasteiger charge is 2.16. The first-order chi connectivity index (χ1) is 9.28. The number of halogens is 1. The number of amides is 1. The van der Waals surface area contributed by atoms with Gasteiger partial charge in [-0.2, -0.15) is 0 Å². The molecule has 0 radical (unpaired) electrons. The van der Waals surface area contributed by atoms with E-state index in [1.165, 1.54) is 37.7 Å². The zero-order valence-corrected chi connectivity index (χ0v) is 13.0. The van der Waals surface area contributed by atoms with E-state index in [4.69, 9.17) is 0 Å². The van der Waals surface area contributed by atoms with Crippen molar-refractivity contribution >= 4 is 24.0 Å². The van der Waals surface area contributed by atoms with E-state index in [9.17, 15) is 4.79 Å². The third kappa shape index (κ3) is 5.51. The summed E-state index contributed by atoms with van der Waals surface area (Å²) in [5.74, 6) is 0.753. The molecule has 1 saturated carbocycles. The molecule has 20 heavy (non-hydrogen) atoms. The van der Waals surface area contributed by atoms with Crippen molar-refractivity contribution in [2.24, 2.45) is 5.92 Å². The summed E-state index contributed by atoms with van der Waals surface area (Å²) in [7, 11) is 1.92. The molecule has 112 valence electrons. The van der Waals surface area contributed by atoms with Crippen LogP contribution in [0.4, 0.5) is 5.69 Å². The average Bonchev–Trinajstić information content (AvgIpc) is 2.40. The zero-order valence-electron chi connectivity index (χ0n) is 12.2. The lowest BCUT2D eigenvalue weighted by molar-refractivity contribution is -0.117. The van der Waals surface area contributed by atoms with Crippen molar-refractivity contribution in [1.82, 2.24) is 5.32 Å². The smallest absolute Gasteiger partial charge is 0.224 e. The van der Waals surface area contributed by atoms with Crippen molar-refractivity contribution in [3.63, 3.8) is 0 Å². The number of carbonyl (C=O) groups excluding carboxylic acids is 1. The molecule has 0 unspecified atom stereocenters. The van der Waals surface area contributed by atoms with Gasteiger partial charge in [0.1, 0.15) is 0 Å². The molecule has 1 aromatic carbocycles. The summed E-state index contributed by atoms with van der Waals surface area (Å²) >= 11 is 0. The fourth-order valence-electron chi connectivity index (χ4n) is 2.83. The molecular formula is C16H25ClN2O. The van der Waals surface area contributed by atoms with Crippen molar-refractivity contribution < 1.29 is 4.79 Å². The molecule has 0 saturated heterocycles. The van der Waals surface area contributed by atoms with E-state index in [0.29, 0.717) is 12.3 Å².